The minimum absolute atomic E-state index is 0.186. The molecule has 23 heavy (non-hydrogen) atoms. The van der Waals surface area contributed by atoms with Gasteiger partial charge < -0.3 is 15.2 Å². The van der Waals surface area contributed by atoms with Crippen molar-refractivity contribution < 1.29 is 19.4 Å². The SMILES string of the molecule is COCCC(NC(=O)c1cc(-c2ccc(Br)cc2)n[nH]1)C(=O)O. The Kier molecular flexibility index (Phi) is 5.89. The van der Waals surface area contributed by atoms with Crippen LogP contribution in [0.15, 0.2) is 34.8 Å². The van der Waals surface area contributed by atoms with Gasteiger partial charge in [-0.25, -0.2) is 4.79 Å². The minimum atomic E-state index is -1.11. The number of aromatic amines is 1. The maximum atomic E-state index is 12.1. The van der Waals surface area contributed by atoms with Gasteiger partial charge in [0.15, 0.2) is 0 Å². The van der Waals surface area contributed by atoms with Gasteiger partial charge in [0, 0.05) is 30.2 Å². The van der Waals surface area contributed by atoms with Crippen LogP contribution in [-0.2, 0) is 9.53 Å². The maximum Gasteiger partial charge on any atom is 0.326 e. The number of nitrogens with one attached hydrogen (secondary N) is 2. The van der Waals surface area contributed by atoms with E-state index < -0.39 is 17.9 Å². The van der Waals surface area contributed by atoms with E-state index in [9.17, 15) is 9.59 Å². The second-order valence-corrected chi connectivity index (χ2v) is 5.74. The molecular formula is C15H16BrN3O4. The van der Waals surface area contributed by atoms with Gasteiger partial charge in [0.25, 0.3) is 5.91 Å². The third kappa shape index (κ3) is 4.64. The van der Waals surface area contributed by atoms with E-state index in [0.717, 1.165) is 10.0 Å². The van der Waals surface area contributed by atoms with Crippen molar-refractivity contribution >= 4 is 27.8 Å². The maximum absolute atomic E-state index is 12.1. The summed E-state index contributed by atoms with van der Waals surface area (Å²) < 4.78 is 5.78. The number of ether oxygens (including phenoxy) is 1. The fraction of sp³-hybridized carbons (Fsp3) is 0.267. The van der Waals surface area contributed by atoms with Crippen molar-refractivity contribution in [2.45, 2.75) is 12.5 Å². The molecule has 1 heterocycles. The number of carboxylic acid groups (broad SMARTS) is 1. The smallest absolute Gasteiger partial charge is 0.326 e. The third-order valence-electron chi connectivity index (χ3n) is 3.18. The lowest BCUT2D eigenvalue weighted by atomic mass is 10.1. The lowest BCUT2D eigenvalue weighted by molar-refractivity contribution is -0.139. The highest BCUT2D eigenvalue weighted by Crippen LogP contribution is 2.20. The van der Waals surface area contributed by atoms with Crippen LogP contribution < -0.4 is 5.32 Å². The van der Waals surface area contributed by atoms with Crippen LogP contribution in [0, 0.1) is 0 Å². The molecule has 0 saturated heterocycles. The average molecular weight is 382 g/mol. The first-order valence-corrected chi connectivity index (χ1v) is 7.64. The molecule has 1 aromatic carbocycles. The Labute approximate surface area is 141 Å². The van der Waals surface area contributed by atoms with Crippen LogP contribution in [0.1, 0.15) is 16.9 Å². The molecule has 0 spiro atoms. The first-order chi connectivity index (χ1) is 11.0. The molecule has 0 aliphatic rings. The van der Waals surface area contributed by atoms with E-state index in [1.165, 1.54) is 7.11 Å². The molecule has 0 fully saturated rings. The van der Waals surface area contributed by atoms with Gasteiger partial charge in [-0.3, -0.25) is 9.89 Å². The fourth-order valence-corrected chi connectivity index (χ4v) is 2.20. The molecule has 2 aromatic rings. The Balaban J connectivity index is 2.08. The van der Waals surface area contributed by atoms with Crippen molar-refractivity contribution in [2.75, 3.05) is 13.7 Å². The zero-order valence-electron chi connectivity index (χ0n) is 12.4. The quantitative estimate of drug-likeness (QED) is 0.680. The molecular weight excluding hydrogens is 366 g/mol. The van der Waals surface area contributed by atoms with Crippen LogP contribution in [0.3, 0.4) is 0 Å². The Morgan fingerprint density at radius 3 is 2.70 bits per heavy atom. The standard InChI is InChI=1S/C15H16BrN3O4/c1-23-7-6-11(15(21)22)17-14(20)13-8-12(18-19-13)9-2-4-10(16)5-3-9/h2-5,8,11H,6-7H2,1H3,(H,17,20)(H,18,19)(H,21,22). The number of aliphatic carboxylic acids is 1. The lowest BCUT2D eigenvalue weighted by Gasteiger charge is -2.12. The van der Waals surface area contributed by atoms with E-state index in [-0.39, 0.29) is 18.7 Å². The van der Waals surface area contributed by atoms with Crippen LogP contribution in [-0.4, -0.2) is 46.9 Å². The Morgan fingerprint density at radius 2 is 2.09 bits per heavy atom. The van der Waals surface area contributed by atoms with Gasteiger partial charge in [-0.05, 0) is 18.2 Å². The number of hydrogen-bond donors (Lipinski definition) is 3. The highest BCUT2D eigenvalue weighted by Gasteiger charge is 2.21. The van der Waals surface area contributed by atoms with Crippen LogP contribution in [0.4, 0.5) is 0 Å². The molecule has 2 rings (SSSR count). The molecule has 0 aliphatic heterocycles. The highest BCUT2D eigenvalue weighted by atomic mass is 79.9. The number of carbonyl (C=O) groups is 2. The highest BCUT2D eigenvalue weighted by molar-refractivity contribution is 9.10. The number of nitrogens with zero attached hydrogens (tertiary/aromatic N) is 1. The number of halogens is 1. The second-order valence-electron chi connectivity index (χ2n) is 4.82. The molecule has 1 amide bonds. The van der Waals surface area contributed by atoms with E-state index in [1.807, 2.05) is 24.3 Å². The molecule has 1 atom stereocenters. The molecule has 0 aliphatic carbocycles. The van der Waals surface area contributed by atoms with E-state index in [4.69, 9.17) is 9.84 Å². The third-order valence-corrected chi connectivity index (χ3v) is 3.71. The summed E-state index contributed by atoms with van der Waals surface area (Å²) in [5, 5.41) is 18.2. The van der Waals surface area contributed by atoms with Crippen molar-refractivity contribution in [1.82, 2.24) is 15.5 Å². The number of H-pyrrole nitrogens is 1. The number of amides is 1. The molecule has 3 N–H and O–H groups in total. The summed E-state index contributed by atoms with van der Waals surface area (Å²) in [5.74, 6) is -1.63. The summed E-state index contributed by atoms with van der Waals surface area (Å²) in [5.41, 5.74) is 1.65. The van der Waals surface area contributed by atoms with Gasteiger partial charge in [0.1, 0.15) is 11.7 Å². The molecule has 0 radical (unpaired) electrons. The van der Waals surface area contributed by atoms with Gasteiger partial charge in [-0.2, -0.15) is 5.10 Å². The summed E-state index contributed by atoms with van der Waals surface area (Å²) in [4.78, 5) is 23.3. The summed E-state index contributed by atoms with van der Waals surface area (Å²) in [7, 11) is 1.47. The van der Waals surface area contributed by atoms with Crippen LogP contribution in [0.2, 0.25) is 0 Å². The van der Waals surface area contributed by atoms with Gasteiger partial charge in [0.05, 0.1) is 5.69 Å². The molecule has 7 nitrogen and oxygen atoms in total. The largest absolute Gasteiger partial charge is 0.480 e. The Bertz CT molecular complexity index is 684. The number of carboxylic acids is 1. The number of rotatable bonds is 7. The molecule has 1 unspecified atom stereocenters. The van der Waals surface area contributed by atoms with Gasteiger partial charge >= 0.3 is 5.97 Å². The molecule has 0 bridgehead atoms. The molecule has 8 heteroatoms. The number of carbonyl (C=O) groups excluding carboxylic acids is 1. The number of hydrogen-bond acceptors (Lipinski definition) is 4. The molecule has 1 aromatic heterocycles. The van der Waals surface area contributed by atoms with Crippen molar-refractivity contribution in [3.8, 4) is 11.3 Å². The van der Waals surface area contributed by atoms with Crippen molar-refractivity contribution in [2.24, 2.45) is 0 Å². The van der Waals surface area contributed by atoms with E-state index in [2.05, 4.69) is 31.4 Å². The normalized spacial score (nSPS) is 11.9. The first kappa shape index (κ1) is 17.2. The number of methoxy groups -OCH3 is 1. The van der Waals surface area contributed by atoms with E-state index in [1.54, 1.807) is 6.07 Å². The first-order valence-electron chi connectivity index (χ1n) is 6.85. The van der Waals surface area contributed by atoms with E-state index >= 15 is 0 Å². The Morgan fingerprint density at radius 1 is 1.39 bits per heavy atom. The zero-order valence-corrected chi connectivity index (χ0v) is 14.0. The van der Waals surface area contributed by atoms with Crippen LogP contribution in [0.5, 0.6) is 0 Å². The summed E-state index contributed by atoms with van der Waals surface area (Å²) >= 11 is 3.35. The van der Waals surface area contributed by atoms with Crippen molar-refractivity contribution in [3.05, 3.63) is 40.5 Å². The predicted octanol–water partition coefficient (Wildman–Crippen LogP) is 2.06. The monoisotopic (exact) mass is 381 g/mol. The summed E-state index contributed by atoms with van der Waals surface area (Å²) in [6.45, 7) is 0.240. The second kappa shape index (κ2) is 7.89. The summed E-state index contributed by atoms with van der Waals surface area (Å²) in [6, 6.07) is 8.03. The van der Waals surface area contributed by atoms with E-state index in [0.29, 0.717) is 5.69 Å². The van der Waals surface area contributed by atoms with Crippen LogP contribution in [0.25, 0.3) is 11.3 Å². The molecule has 122 valence electrons. The van der Waals surface area contributed by atoms with Gasteiger partial charge in [-0.15, -0.1) is 0 Å². The average Bonchev–Trinajstić information content (AvgIpc) is 3.01. The van der Waals surface area contributed by atoms with Crippen LogP contribution >= 0.6 is 15.9 Å². The number of benzene rings is 1. The topological polar surface area (TPSA) is 104 Å². The fourth-order valence-electron chi connectivity index (χ4n) is 1.94. The zero-order chi connectivity index (χ0) is 16.8. The summed E-state index contributed by atoms with van der Waals surface area (Å²) in [6.07, 6.45) is 0.186. The molecule has 0 saturated carbocycles. The van der Waals surface area contributed by atoms with Gasteiger partial charge in [0.2, 0.25) is 0 Å². The van der Waals surface area contributed by atoms with Crippen molar-refractivity contribution in [1.29, 1.82) is 0 Å². The Hall–Kier alpha value is -2.19. The lowest BCUT2D eigenvalue weighted by Crippen LogP contribution is -2.41. The minimum Gasteiger partial charge on any atom is -0.480 e. The predicted molar refractivity (Wildman–Crippen MR) is 87.1 cm³/mol. The van der Waals surface area contributed by atoms with Crippen molar-refractivity contribution in [3.63, 3.8) is 0 Å². The van der Waals surface area contributed by atoms with Gasteiger partial charge in [-0.1, -0.05) is 28.1 Å². The number of aromatic nitrogens is 2.